The van der Waals surface area contributed by atoms with Gasteiger partial charge in [0.15, 0.2) is 0 Å². The van der Waals surface area contributed by atoms with Crippen LogP contribution < -0.4 is 10.2 Å². The fraction of sp³-hybridized carbons (Fsp3) is 0.579. The van der Waals surface area contributed by atoms with Crippen molar-refractivity contribution < 1.29 is 9.59 Å². The van der Waals surface area contributed by atoms with Crippen molar-refractivity contribution in [2.45, 2.75) is 26.7 Å². The first kappa shape index (κ1) is 17.6. The molecule has 3 rings (SSSR count). The van der Waals surface area contributed by atoms with Crippen molar-refractivity contribution in [1.29, 1.82) is 0 Å². The molecule has 0 bridgehead atoms. The lowest BCUT2D eigenvalue weighted by molar-refractivity contribution is -0.129. The van der Waals surface area contributed by atoms with E-state index in [-0.39, 0.29) is 18.5 Å². The monoisotopic (exact) mass is 344 g/mol. The Bertz CT molecular complexity index is 632. The maximum atomic E-state index is 12.3. The second-order valence-corrected chi connectivity index (χ2v) is 6.94. The number of urea groups is 1. The van der Waals surface area contributed by atoms with Gasteiger partial charge in [-0.15, -0.1) is 0 Å². The number of likely N-dealkylation sites (tertiary alicyclic amines) is 1. The molecule has 6 heteroatoms. The molecule has 2 fully saturated rings. The molecule has 2 saturated heterocycles. The largest absolute Gasteiger partial charge is 0.368 e. The van der Waals surface area contributed by atoms with E-state index in [1.54, 1.807) is 4.90 Å². The molecular formula is C19H28N4O2. The highest BCUT2D eigenvalue weighted by molar-refractivity contribution is 5.84. The minimum atomic E-state index is -0.131. The van der Waals surface area contributed by atoms with Crippen LogP contribution in [0.15, 0.2) is 18.2 Å². The van der Waals surface area contributed by atoms with E-state index in [4.69, 9.17) is 0 Å². The molecule has 6 nitrogen and oxygen atoms in total. The van der Waals surface area contributed by atoms with Gasteiger partial charge in [0.25, 0.3) is 0 Å². The van der Waals surface area contributed by atoms with Crippen molar-refractivity contribution in [2.24, 2.45) is 0 Å². The molecule has 1 N–H and O–H groups in total. The van der Waals surface area contributed by atoms with Crippen molar-refractivity contribution in [3.8, 4) is 0 Å². The number of hydrogen-bond acceptors (Lipinski definition) is 3. The van der Waals surface area contributed by atoms with Gasteiger partial charge < -0.3 is 20.0 Å². The molecule has 1 aromatic rings. The lowest BCUT2D eigenvalue weighted by Crippen LogP contribution is -2.53. The molecule has 0 atom stereocenters. The van der Waals surface area contributed by atoms with Gasteiger partial charge in [0.1, 0.15) is 0 Å². The highest BCUT2D eigenvalue weighted by Gasteiger charge is 2.24. The molecule has 0 radical (unpaired) electrons. The van der Waals surface area contributed by atoms with Crippen LogP contribution in [-0.4, -0.2) is 67.6 Å². The molecule has 2 aliphatic heterocycles. The summed E-state index contributed by atoms with van der Waals surface area (Å²) < 4.78 is 0. The number of amides is 3. The van der Waals surface area contributed by atoms with Crippen molar-refractivity contribution >= 4 is 17.6 Å². The van der Waals surface area contributed by atoms with Gasteiger partial charge in [-0.3, -0.25) is 4.79 Å². The summed E-state index contributed by atoms with van der Waals surface area (Å²) in [4.78, 5) is 30.3. The van der Waals surface area contributed by atoms with Crippen molar-refractivity contribution in [3.63, 3.8) is 0 Å². The van der Waals surface area contributed by atoms with E-state index < -0.39 is 0 Å². The fourth-order valence-corrected chi connectivity index (χ4v) is 3.57. The van der Waals surface area contributed by atoms with Crippen molar-refractivity contribution in [2.75, 3.05) is 50.7 Å². The van der Waals surface area contributed by atoms with Crippen molar-refractivity contribution in [1.82, 2.24) is 15.1 Å². The molecule has 3 amide bonds. The van der Waals surface area contributed by atoms with Gasteiger partial charge in [-0.2, -0.15) is 0 Å². The third-order valence-corrected chi connectivity index (χ3v) is 5.33. The maximum Gasteiger partial charge on any atom is 0.317 e. The predicted octanol–water partition coefficient (Wildman–Crippen LogP) is 1.76. The zero-order valence-electron chi connectivity index (χ0n) is 15.3. The molecule has 0 saturated carbocycles. The van der Waals surface area contributed by atoms with Gasteiger partial charge in [-0.1, -0.05) is 12.1 Å². The number of aryl methyl sites for hydroxylation is 1. The summed E-state index contributed by atoms with van der Waals surface area (Å²) in [5.74, 6) is 0.0277. The van der Waals surface area contributed by atoms with E-state index in [1.807, 2.05) is 4.90 Å². The Morgan fingerprint density at radius 1 is 0.960 bits per heavy atom. The van der Waals surface area contributed by atoms with E-state index in [1.165, 1.54) is 16.8 Å². The van der Waals surface area contributed by atoms with E-state index in [2.05, 4.69) is 42.3 Å². The number of carbonyl (C=O) groups is 2. The third kappa shape index (κ3) is 4.06. The van der Waals surface area contributed by atoms with E-state index in [0.717, 1.165) is 39.0 Å². The SMILES string of the molecule is Cc1cccc(N2CCN(C(=O)NCC(=O)N3CCCC3)CC2)c1C. The number of hydrogen-bond donors (Lipinski definition) is 1. The Morgan fingerprint density at radius 3 is 2.32 bits per heavy atom. The summed E-state index contributed by atoms with van der Waals surface area (Å²) in [5, 5.41) is 2.78. The lowest BCUT2D eigenvalue weighted by Gasteiger charge is -2.37. The Hall–Kier alpha value is -2.24. The van der Waals surface area contributed by atoms with Gasteiger partial charge in [-0.25, -0.2) is 4.79 Å². The average molecular weight is 344 g/mol. The van der Waals surface area contributed by atoms with Gasteiger partial charge in [-0.05, 0) is 43.9 Å². The molecule has 25 heavy (non-hydrogen) atoms. The Balaban J connectivity index is 1.47. The number of nitrogens with one attached hydrogen (secondary N) is 1. The number of benzene rings is 1. The molecule has 1 aromatic carbocycles. The maximum absolute atomic E-state index is 12.3. The van der Waals surface area contributed by atoms with Gasteiger partial charge in [0.2, 0.25) is 5.91 Å². The quantitative estimate of drug-likeness (QED) is 0.909. The number of carbonyl (C=O) groups excluding carboxylic acids is 2. The zero-order valence-corrected chi connectivity index (χ0v) is 15.3. The first-order valence-corrected chi connectivity index (χ1v) is 9.18. The molecule has 0 unspecified atom stereocenters. The molecule has 0 aromatic heterocycles. The predicted molar refractivity (Wildman–Crippen MR) is 98.9 cm³/mol. The molecule has 2 aliphatic rings. The zero-order chi connectivity index (χ0) is 17.8. The first-order chi connectivity index (χ1) is 12.1. The molecule has 0 aliphatic carbocycles. The minimum absolute atomic E-state index is 0.0277. The van der Waals surface area contributed by atoms with E-state index in [9.17, 15) is 9.59 Å². The van der Waals surface area contributed by atoms with Crippen LogP contribution in [0, 0.1) is 13.8 Å². The average Bonchev–Trinajstić information content (AvgIpc) is 3.17. The Morgan fingerprint density at radius 2 is 1.64 bits per heavy atom. The van der Waals surface area contributed by atoms with Gasteiger partial charge >= 0.3 is 6.03 Å². The van der Waals surface area contributed by atoms with Crippen LogP contribution in [0.4, 0.5) is 10.5 Å². The number of rotatable bonds is 3. The summed E-state index contributed by atoms with van der Waals surface area (Å²) in [7, 11) is 0. The molecule has 2 heterocycles. The van der Waals surface area contributed by atoms with Crippen LogP contribution in [0.5, 0.6) is 0 Å². The smallest absolute Gasteiger partial charge is 0.317 e. The van der Waals surface area contributed by atoms with Gasteiger partial charge in [0, 0.05) is 45.0 Å². The third-order valence-electron chi connectivity index (χ3n) is 5.33. The summed E-state index contributed by atoms with van der Waals surface area (Å²) in [6.07, 6.45) is 2.14. The minimum Gasteiger partial charge on any atom is -0.368 e. The summed E-state index contributed by atoms with van der Waals surface area (Å²) in [6, 6.07) is 6.22. The molecular weight excluding hydrogens is 316 g/mol. The number of piperazine rings is 1. The van der Waals surface area contributed by atoms with Crippen LogP contribution in [0.1, 0.15) is 24.0 Å². The highest BCUT2D eigenvalue weighted by Crippen LogP contribution is 2.23. The normalized spacial score (nSPS) is 17.8. The highest BCUT2D eigenvalue weighted by atomic mass is 16.2. The van der Waals surface area contributed by atoms with Crippen LogP contribution in [0.25, 0.3) is 0 Å². The van der Waals surface area contributed by atoms with Crippen LogP contribution in [0.3, 0.4) is 0 Å². The van der Waals surface area contributed by atoms with E-state index in [0.29, 0.717) is 13.1 Å². The molecule has 136 valence electrons. The fourth-order valence-electron chi connectivity index (χ4n) is 3.57. The van der Waals surface area contributed by atoms with E-state index >= 15 is 0 Å². The second-order valence-electron chi connectivity index (χ2n) is 6.94. The summed E-state index contributed by atoms with van der Waals surface area (Å²) in [6.45, 7) is 9.01. The van der Waals surface area contributed by atoms with Crippen LogP contribution in [0.2, 0.25) is 0 Å². The van der Waals surface area contributed by atoms with Crippen LogP contribution in [-0.2, 0) is 4.79 Å². The second kappa shape index (κ2) is 7.76. The lowest BCUT2D eigenvalue weighted by atomic mass is 10.1. The molecule has 0 spiro atoms. The summed E-state index contributed by atoms with van der Waals surface area (Å²) >= 11 is 0. The Kier molecular flexibility index (Phi) is 5.46. The summed E-state index contributed by atoms with van der Waals surface area (Å²) in [5.41, 5.74) is 3.85. The van der Waals surface area contributed by atoms with Crippen molar-refractivity contribution in [3.05, 3.63) is 29.3 Å². The Labute approximate surface area is 149 Å². The van der Waals surface area contributed by atoms with Gasteiger partial charge in [0.05, 0.1) is 6.54 Å². The van der Waals surface area contributed by atoms with Crippen LogP contribution >= 0.6 is 0 Å². The standard InChI is InChI=1S/C19H28N4O2/c1-15-6-5-7-17(16(15)2)21-10-12-23(13-11-21)19(25)20-14-18(24)22-8-3-4-9-22/h5-7H,3-4,8-14H2,1-2H3,(H,20,25). The number of nitrogens with zero attached hydrogens (tertiary/aromatic N) is 3. The number of anilines is 1. The topological polar surface area (TPSA) is 55.9 Å². The first-order valence-electron chi connectivity index (χ1n) is 9.18.